The molecule has 1 saturated heterocycles. The lowest BCUT2D eigenvalue weighted by molar-refractivity contribution is -0.142. The summed E-state index contributed by atoms with van der Waals surface area (Å²) >= 11 is 0. The molecule has 0 unspecified atom stereocenters. The number of nitrogens with one attached hydrogen (secondary N) is 1. The summed E-state index contributed by atoms with van der Waals surface area (Å²) in [4.78, 5) is 11.6. The molecule has 35 heavy (non-hydrogen) atoms. The third-order valence-electron chi connectivity index (χ3n) is 7.86. The number of ether oxygens (including phenoxy) is 1. The van der Waals surface area contributed by atoms with Crippen molar-refractivity contribution in [1.82, 2.24) is 14.8 Å². The van der Waals surface area contributed by atoms with E-state index >= 15 is 0 Å². The van der Waals surface area contributed by atoms with E-state index in [-0.39, 0.29) is 17.8 Å². The average molecular weight is 480 g/mol. The van der Waals surface area contributed by atoms with E-state index in [0.29, 0.717) is 31.7 Å². The molecule has 0 radical (unpaired) electrons. The maximum Gasteiger partial charge on any atom is 0.306 e. The number of aliphatic carboxylic acids is 1. The number of aromatic amines is 1. The number of H-pyrrole nitrogens is 1. The van der Waals surface area contributed by atoms with Crippen molar-refractivity contribution in [2.45, 2.75) is 50.4 Å². The number of hydrogen-bond donors (Lipinski definition) is 2. The fraction of sp³-hybridized carbons (Fsp3) is 0.407. The summed E-state index contributed by atoms with van der Waals surface area (Å²) in [5.41, 5.74) is 4.76. The van der Waals surface area contributed by atoms with Gasteiger partial charge in [-0.05, 0) is 74.3 Å². The first-order chi connectivity index (χ1) is 17.0. The zero-order valence-electron chi connectivity index (χ0n) is 19.3. The number of fused-ring (bicyclic) bond motifs is 2. The second-order valence-electron chi connectivity index (χ2n) is 9.83. The molecule has 2 aliphatic rings. The van der Waals surface area contributed by atoms with Crippen molar-refractivity contribution in [2.75, 3.05) is 13.2 Å². The van der Waals surface area contributed by atoms with Gasteiger partial charge in [0.1, 0.15) is 0 Å². The Hall–Kier alpha value is -3.26. The second-order valence-corrected chi connectivity index (χ2v) is 9.83. The summed E-state index contributed by atoms with van der Waals surface area (Å²) in [7, 11) is 0. The Kier molecular flexibility index (Phi) is 5.56. The highest BCUT2D eigenvalue weighted by molar-refractivity contribution is 5.99. The van der Waals surface area contributed by atoms with E-state index in [0.717, 1.165) is 53.2 Å². The largest absolute Gasteiger partial charge is 0.481 e. The molecule has 6 rings (SSSR count). The van der Waals surface area contributed by atoms with E-state index in [9.17, 15) is 18.7 Å². The molecule has 182 valence electrons. The molecule has 0 atom stereocenters. The van der Waals surface area contributed by atoms with Gasteiger partial charge in [-0.2, -0.15) is 5.10 Å². The first kappa shape index (κ1) is 22.2. The third-order valence-corrected chi connectivity index (χ3v) is 7.86. The van der Waals surface area contributed by atoms with E-state index in [1.54, 1.807) is 12.3 Å². The normalized spacial score (nSPS) is 21.7. The van der Waals surface area contributed by atoms with Crippen molar-refractivity contribution >= 4 is 27.8 Å². The van der Waals surface area contributed by atoms with Gasteiger partial charge in [-0.15, -0.1) is 0 Å². The van der Waals surface area contributed by atoms with Crippen molar-refractivity contribution in [3.8, 4) is 5.69 Å². The van der Waals surface area contributed by atoms with Crippen LogP contribution >= 0.6 is 0 Å². The quantitative estimate of drug-likeness (QED) is 0.374. The number of benzene rings is 2. The molecule has 0 amide bonds. The molecule has 4 aromatic rings. The van der Waals surface area contributed by atoms with Crippen LogP contribution in [-0.2, 0) is 9.53 Å². The molecule has 0 spiro atoms. The molecule has 1 saturated carbocycles. The van der Waals surface area contributed by atoms with Crippen LogP contribution in [0.1, 0.15) is 61.6 Å². The summed E-state index contributed by atoms with van der Waals surface area (Å²) in [6.45, 7) is 1.31. The summed E-state index contributed by atoms with van der Waals surface area (Å²) in [5, 5.41) is 18.8. The number of carboxylic acids is 1. The summed E-state index contributed by atoms with van der Waals surface area (Å²) in [6, 6.07) is 8.24. The van der Waals surface area contributed by atoms with E-state index in [4.69, 9.17) is 4.74 Å². The van der Waals surface area contributed by atoms with Crippen molar-refractivity contribution in [1.29, 1.82) is 0 Å². The van der Waals surface area contributed by atoms with Crippen molar-refractivity contribution in [3.63, 3.8) is 0 Å². The SMILES string of the molecule is O=C(O)[C@H]1CC[C@H](c2c(C3CCOCC3)n(-c3ccc(F)c(F)c3)c3cc4cn[nH]c4cc32)CC1. The summed E-state index contributed by atoms with van der Waals surface area (Å²) in [5.74, 6) is -2.39. The van der Waals surface area contributed by atoms with Crippen LogP contribution in [0.15, 0.2) is 36.5 Å². The molecule has 1 aliphatic carbocycles. The minimum atomic E-state index is -0.879. The van der Waals surface area contributed by atoms with E-state index in [1.165, 1.54) is 17.7 Å². The molecule has 1 aliphatic heterocycles. The topological polar surface area (TPSA) is 80.1 Å². The highest BCUT2D eigenvalue weighted by atomic mass is 19.2. The highest BCUT2D eigenvalue weighted by Crippen LogP contribution is 2.47. The molecule has 3 heterocycles. The Morgan fingerprint density at radius 2 is 1.77 bits per heavy atom. The Bertz CT molecular complexity index is 1410. The van der Waals surface area contributed by atoms with Gasteiger partial charge >= 0.3 is 5.97 Å². The Morgan fingerprint density at radius 3 is 2.49 bits per heavy atom. The number of hydrogen-bond acceptors (Lipinski definition) is 3. The molecular weight excluding hydrogens is 452 g/mol. The first-order valence-corrected chi connectivity index (χ1v) is 12.3. The summed E-state index contributed by atoms with van der Waals surface area (Å²) in [6.07, 6.45) is 6.29. The first-order valence-electron chi connectivity index (χ1n) is 12.3. The van der Waals surface area contributed by atoms with Crippen molar-refractivity contribution < 1.29 is 23.4 Å². The van der Waals surface area contributed by atoms with Gasteiger partial charge in [0, 0.05) is 47.4 Å². The summed E-state index contributed by atoms with van der Waals surface area (Å²) < 4.78 is 36.1. The number of aromatic nitrogens is 3. The number of carboxylic acid groups (broad SMARTS) is 1. The third kappa shape index (κ3) is 3.80. The van der Waals surface area contributed by atoms with Gasteiger partial charge in [-0.1, -0.05) is 0 Å². The van der Waals surface area contributed by atoms with E-state index in [2.05, 4.69) is 26.9 Å². The molecule has 2 N–H and O–H groups in total. The molecule has 8 heteroatoms. The fourth-order valence-corrected chi connectivity index (χ4v) is 6.10. The lowest BCUT2D eigenvalue weighted by Crippen LogP contribution is -2.23. The van der Waals surface area contributed by atoms with Crippen LogP contribution in [0.2, 0.25) is 0 Å². The van der Waals surface area contributed by atoms with Crippen LogP contribution in [0, 0.1) is 17.6 Å². The Labute approximate surface area is 200 Å². The number of rotatable bonds is 4. The molecule has 2 fully saturated rings. The van der Waals surface area contributed by atoms with E-state index in [1.807, 2.05) is 0 Å². The number of nitrogens with zero attached hydrogens (tertiary/aromatic N) is 2. The maximum atomic E-state index is 14.4. The highest BCUT2D eigenvalue weighted by Gasteiger charge is 2.34. The van der Waals surface area contributed by atoms with Gasteiger partial charge in [0.05, 0.1) is 23.1 Å². The molecule has 6 nitrogen and oxygen atoms in total. The Balaban J connectivity index is 1.62. The van der Waals surface area contributed by atoms with Crippen molar-refractivity contribution in [3.05, 3.63) is 59.4 Å². The minimum absolute atomic E-state index is 0.192. The van der Waals surface area contributed by atoms with Crippen LogP contribution in [0.5, 0.6) is 0 Å². The maximum absolute atomic E-state index is 14.4. The smallest absolute Gasteiger partial charge is 0.306 e. The van der Waals surface area contributed by atoms with Gasteiger partial charge in [0.15, 0.2) is 11.6 Å². The van der Waals surface area contributed by atoms with Crippen LogP contribution in [0.4, 0.5) is 8.78 Å². The van der Waals surface area contributed by atoms with Crippen molar-refractivity contribution in [2.24, 2.45) is 5.92 Å². The number of carbonyl (C=O) groups is 1. The zero-order valence-corrected chi connectivity index (χ0v) is 19.3. The predicted molar refractivity (Wildman–Crippen MR) is 128 cm³/mol. The molecule has 2 aromatic heterocycles. The second kappa shape index (κ2) is 8.75. The minimum Gasteiger partial charge on any atom is -0.481 e. The number of halogens is 2. The standard InChI is InChI=1S/C27H27F2N3O3/c28-21-6-5-19(12-22(21)29)32-24-11-18-14-30-31-23(18)13-20(24)25(26(32)16-7-9-35-10-8-16)15-1-3-17(4-2-15)27(33)34/h5-6,11-17H,1-4,7-10H2,(H,30,31)(H,33,34)/t15-,17-. The Morgan fingerprint density at radius 1 is 1.00 bits per heavy atom. The molecule has 0 bridgehead atoms. The van der Waals surface area contributed by atoms with Crippen LogP contribution in [-0.4, -0.2) is 39.1 Å². The predicted octanol–water partition coefficient (Wildman–Crippen LogP) is 6.04. The van der Waals surface area contributed by atoms with Gasteiger partial charge < -0.3 is 14.4 Å². The van der Waals surface area contributed by atoms with Gasteiger partial charge in [0.25, 0.3) is 0 Å². The van der Waals surface area contributed by atoms with Crippen LogP contribution < -0.4 is 0 Å². The van der Waals surface area contributed by atoms with Crippen LogP contribution in [0.25, 0.3) is 27.5 Å². The zero-order chi connectivity index (χ0) is 24.1. The molecular formula is C27H27F2N3O3. The molecule has 2 aromatic carbocycles. The van der Waals surface area contributed by atoms with Gasteiger partial charge in [0.2, 0.25) is 0 Å². The average Bonchev–Trinajstić information content (AvgIpc) is 3.46. The van der Waals surface area contributed by atoms with Gasteiger partial charge in [-0.3, -0.25) is 9.89 Å². The van der Waals surface area contributed by atoms with Gasteiger partial charge in [-0.25, -0.2) is 8.78 Å². The lowest BCUT2D eigenvalue weighted by Gasteiger charge is -2.30. The van der Waals surface area contributed by atoms with Crippen LogP contribution in [0.3, 0.4) is 0 Å². The van der Waals surface area contributed by atoms with E-state index < -0.39 is 17.6 Å². The monoisotopic (exact) mass is 479 g/mol. The lowest BCUT2D eigenvalue weighted by atomic mass is 9.76. The fourth-order valence-electron chi connectivity index (χ4n) is 6.10.